The Morgan fingerprint density at radius 1 is 0.792 bits per heavy atom. The van der Waals surface area contributed by atoms with Crippen LogP contribution in [0.2, 0.25) is 0 Å². The lowest BCUT2D eigenvalue weighted by Crippen LogP contribution is -2.13. The Kier molecular flexibility index (Phi) is 10.4. The molecule has 1 aromatic rings. The summed E-state index contributed by atoms with van der Waals surface area (Å²) >= 11 is 0. The van der Waals surface area contributed by atoms with Gasteiger partial charge in [0, 0.05) is 12.8 Å². The summed E-state index contributed by atoms with van der Waals surface area (Å²) in [5.74, 6) is -0.472. The smallest absolute Gasteiger partial charge is 0.198 e. The first-order valence-corrected chi connectivity index (χ1v) is 9.05. The number of unbranched alkanes of at least 4 members (excludes halogenated alkanes) is 6. The average molecular weight is 326 g/mol. The molecule has 24 heavy (non-hydrogen) atoms. The number of hydrogen-bond donors (Lipinski definition) is 0. The fraction of sp³-hybridized carbons (Fsp3) is 0.455. The lowest BCUT2D eigenvalue weighted by atomic mass is 9.99. The summed E-state index contributed by atoms with van der Waals surface area (Å²) in [5, 5.41) is 0. The van der Waals surface area contributed by atoms with Gasteiger partial charge in [0.1, 0.15) is 0 Å². The van der Waals surface area contributed by atoms with Crippen molar-refractivity contribution in [3.05, 3.63) is 55.1 Å². The van der Waals surface area contributed by atoms with Crippen molar-refractivity contribution in [3.8, 4) is 0 Å². The molecule has 0 bridgehead atoms. The molecule has 0 spiro atoms. The van der Waals surface area contributed by atoms with Crippen molar-refractivity contribution in [3.63, 3.8) is 0 Å². The van der Waals surface area contributed by atoms with Gasteiger partial charge in [-0.25, -0.2) is 0 Å². The topological polar surface area (TPSA) is 34.1 Å². The van der Waals surface area contributed by atoms with Crippen molar-refractivity contribution in [2.45, 2.75) is 64.2 Å². The summed E-state index contributed by atoms with van der Waals surface area (Å²) in [7, 11) is 0. The van der Waals surface area contributed by atoms with E-state index in [4.69, 9.17) is 0 Å². The predicted molar refractivity (Wildman–Crippen MR) is 102 cm³/mol. The van der Waals surface area contributed by atoms with E-state index in [-0.39, 0.29) is 18.0 Å². The molecule has 0 aliphatic rings. The van der Waals surface area contributed by atoms with Gasteiger partial charge >= 0.3 is 0 Å². The van der Waals surface area contributed by atoms with Crippen LogP contribution < -0.4 is 0 Å². The highest BCUT2D eigenvalue weighted by molar-refractivity contribution is 6.37. The van der Waals surface area contributed by atoms with Gasteiger partial charge in [-0.3, -0.25) is 9.59 Å². The molecule has 1 aromatic carbocycles. The Bertz CT molecular complexity index is 528. The molecular weight excluding hydrogens is 296 g/mol. The molecule has 0 N–H and O–H groups in total. The van der Waals surface area contributed by atoms with Gasteiger partial charge in [0.15, 0.2) is 11.6 Å². The molecule has 0 atom stereocenters. The molecule has 1 rings (SSSR count). The molecule has 0 unspecified atom stereocenters. The fourth-order valence-corrected chi connectivity index (χ4v) is 2.64. The van der Waals surface area contributed by atoms with Gasteiger partial charge in [-0.15, -0.1) is 6.58 Å². The van der Waals surface area contributed by atoms with Crippen molar-refractivity contribution in [2.24, 2.45) is 0 Å². The van der Waals surface area contributed by atoms with E-state index < -0.39 is 0 Å². The van der Waals surface area contributed by atoms with E-state index in [1.54, 1.807) is 0 Å². The minimum Gasteiger partial charge on any atom is -0.291 e. The third-order valence-corrected chi connectivity index (χ3v) is 4.21. The fourth-order valence-electron chi connectivity index (χ4n) is 2.64. The first kappa shape index (κ1) is 20.1. The van der Waals surface area contributed by atoms with Gasteiger partial charge in [0.2, 0.25) is 0 Å². The SMILES string of the molecule is C=CCCCCCCCCC(=O)C(=O)CCC(=C)c1ccccc1. The summed E-state index contributed by atoms with van der Waals surface area (Å²) in [6, 6.07) is 9.80. The first-order valence-electron chi connectivity index (χ1n) is 9.05. The minimum absolute atomic E-state index is 0.220. The Hall–Kier alpha value is -1.96. The summed E-state index contributed by atoms with van der Waals surface area (Å²) in [4.78, 5) is 23.8. The van der Waals surface area contributed by atoms with Crippen LogP contribution in [0.15, 0.2) is 49.6 Å². The normalized spacial score (nSPS) is 10.3. The van der Waals surface area contributed by atoms with Crippen LogP contribution in [0.4, 0.5) is 0 Å². The van der Waals surface area contributed by atoms with Crippen molar-refractivity contribution in [2.75, 3.05) is 0 Å². The monoisotopic (exact) mass is 326 g/mol. The standard InChI is InChI=1S/C22H30O2/c1-3-4-5-6-7-8-9-13-16-21(23)22(24)18-17-19(2)20-14-11-10-12-15-20/h3,10-12,14-15H,1-2,4-9,13,16-18H2. The number of carbonyl (C=O) groups excluding carboxylic acids is 2. The number of hydrogen-bond acceptors (Lipinski definition) is 2. The molecule has 0 saturated carbocycles. The molecule has 130 valence electrons. The molecule has 0 aliphatic heterocycles. The van der Waals surface area contributed by atoms with Gasteiger partial charge in [0.25, 0.3) is 0 Å². The van der Waals surface area contributed by atoms with E-state index >= 15 is 0 Å². The molecular formula is C22H30O2. The quantitative estimate of drug-likeness (QED) is 0.241. The molecule has 0 radical (unpaired) electrons. The highest BCUT2D eigenvalue weighted by atomic mass is 16.2. The third kappa shape index (κ3) is 8.61. The molecule has 0 aromatic heterocycles. The predicted octanol–water partition coefficient (Wildman–Crippen LogP) is 5.93. The average Bonchev–Trinajstić information content (AvgIpc) is 2.62. The number of allylic oxidation sites excluding steroid dienone is 2. The zero-order valence-corrected chi connectivity index (χ0v) is 14.8. The summed E-state index contributed by atoms with van der Waals surface area (Å²) in [5.41, 5.74) is 1.95. The van der Waals surface area contributed by atoms with E-state index in [0.717, 1.165) is 36.8 Å². The van der Waals surface area contributed by atoms with Crippen LogP contribution >= 0.6 is 0 Å². The minimum atomic E-state index is -0.252. The third-order valence-electron chi connectivity index (χ3n) is 4.21. The maximum Gasteiger partial charge on any atom is 0.198 e. The van der Waals surface area contributed by atoms with Crippen molar-refractivity contribution < 1.29 is 9.59 Å². The van der Waals surface area contributed by atoms with Crippen LogP contribution in [0.3, 0.4) is 0 Å². The van der Waals surface area contributed by atoms with E-state index in [2.05, 4.69) is 13.2 Å². The molecule has 2 nitrogen and oxygen atoms in total. The largest absolute Gasteiger partial charge is 0.291 e. The second-order valence-corrected chi connectivity index (χ2v) is 6.26. The van der Waals surface area contributed by atoms with Crippen LogP contribution in [-0.2, 0) is 9.59 Å². The van der Waals surface area contributed by atoms with Gasteiger partial charge in [-0.2, -0.15) is 0 Å². The second-order valence-electron chi connectivity index (χ2n) is 6.26. The summed E-state index contributed by atoms with van der Waals surface area (Å²) < 4.78 is 0. The van der Waals surface area contributed by atoms with Crippen LogP contribution in [0.5, 0.6) is 0 Å². The lowest BCUT2D eigenvalue weighted by Gasteiger charge is -2.05. The number of rotatable bonds is 14. The summed E-state index contributed by atoms with van der Waals surface area (Å²) in [6.07, 6.45) is 10.9. The van der Waals surface area contributed by atoms with E-state index in [9.17, 15) is 9.59 Å². The highest BCUT2D eigenvalue weighted by Gasteiger charge is 2.13. The lowest BCUT2D eigenvalue weighted by molar-refractivity contribution is -0.136. The second kappa shape index (κ2) is 12.5. The molecule has 2 heteroatoms. The van der Waals surface area contributed by atoms with Crippen LogP contribution in [-0.4, -0.2) is 11.6 Å². The van der Waals surface area contributed by atoms with Gasteiger partial charge in [-0.05, 0) is 36.8 Å². The van der Waals surface area contributed by atoms with Crippen LogP contribution in [0.25, 0.3) is 5.57 Å². The summed E-state index contributed by atoms with van der Waals surface area (Å²) in [6.45, 7) is 7.72. The molecule has 0 fully saturated rings. The van der Waals surface area contributed by atoms with Crippen molar-refractivity contribution in [1.82, 2.24) is 0 Å². The number of ketones is 2. The number of benzene rings is 1. The van der Waals surface area contributed by atoms with Gasteiger partial charge in [0.05, 0.1) is 0 Å². The highest BCUT2D eigenvalue weighted by Crippen LogP contribution is 2.18. The molecule has 0 amide bonds. The Morgan fingerprint density at radius 3 is 2.04 bits per heavy atom. The van der Waals surface area contributed by atoms with E-state index in [1.807, 2.05) is 36.4 Å². The van der Waals surface area contributed by atoms with Crippen LogP contribution in [0.1, 0.15) is 69.8 Å². The van der Waals surface area contributed by atoms with Crippen molar-refractivity contribution in [1.29, 1.82) is 0 Å². The zero-order chi connectivity index (χ0) is 17.6. The van der Waals surface area contributed by atoms with E-state index in [1.165, 1.54) is 19.3 Å². The maximum absolute atomic E-state index is 11.9. The maximum atomic E-state index is 11.9. The van der Waals surface area contributed by atoms with E-state index in [0.29, 0.717) is 12.8 Å². The number of carbonyl (C=O) groups is 2. The molecule has 0 aliphatic carbocycles. The van der Waals surface area contributed by atoms with Crippen molar-refractivity contribution >= 4 is 17.1 Å². The zero-order valence-electron chi connectivity index (χ0n) is 14.8. The van der Waals surface area contributed by atoms with Gasteiger partial charge < -0.3 is 0 Å². The Balaban J connectivity index is 2.11. The van der Waals surface area contributed by atoms with Gasteiger partial charge in [-0.1, -0.05) is 68.7 Å². The Labute approximate surface area is 146 Å². The van der Waals surface area contributed by atoms with Crippen LogP contribution in [0, 0.1) is 0 Å². The molecule has 0 heterocycles. The first-order chi connectivity index (χ1) is 11.6. The number of Topliss-reactive ketones (excluding diaryl/α,β-unsaturated/α-hetero) is 2. The molecule has 0 saturated heterocycles. The Morgan fingerprint density at radius 2 is 1.38 bits per heavy atom.